The summed E-state index contributed by atoms with van der Waals surface area (Å²) in [5.41, 5.74) is 0. The van der Waals surface area contributed by atoms with E-state index in [0.29, 0.717) is 23.1 Å². The van der Waals surface area contributed by atoms with Crippen LogP contribution in [0.25, 0.3) is 10.8 Å². The first-order valence-electron chi connectivity index (χ1n) is 7.46. The van der Waals surface area contributed by atoms with Gasteiger partial charge in [0.2, 0.25) is 5.75 Å². The molecule has 0 spiro atoms. The molecule has 1 unspecified atom stereocenters. The summed E-state index contributed by atoms with van der Waals surface area (Å²) >= 11 is 0. The second kappa shape index (κ2) is 8.67. The second-order valence-corrected chi connectivity index (χ2v) is 5.74. The lowest BCUT2D eigenvalue weighted by molar-refractivity contribution is 0.274. The van der Waals surface area contributed by atoms with Crippen LogP contribution in [0.3, 0.4) is 0 Å². The van der Waals surface area contributed by atoms with E-state index in [1.54, 1.807) is 18.2 Å². The molecule has 0 aromatic heterocycles. The van der Waals surface area contributed by atoms with Crippen molar-refractivity contribution < 1.29 is 28.9 Å². The summed E-state index contributed by atoms with van der Waals surface area (Å²) in [7, 11) is -2.87. The minimum absolute atomic E-state index is 0.0282. The van der Waals surface area contributed by atoms with Crippen molar-refractivity contribution in [3.8, 4) is 17.2 Å². The van der Waals surface area contributed by atoms with E-state index in [1.165, 1.54) is 6.07 Å². The van der Waals surface area contributed by atoms with Gasteiger partial charge in [-0.15, -0.1) is 4.89 Å². The van der Waals surface area contributed by atoms with Crippen LogP contribution >= 0.6 is 8.25 Å². The number of benzene rings is 2. The van der Waals surface area contributed by atoms with Gasteiger partial charge in [-0.3, -0.25) is 0 Å². The minimum atomic E-state index is -2.87. The zero-order chi connectivity index (χ0) is 16.7. The Labute approximate surface area is 135 Å². The number of fused-ring (bicyclic) bond motifs is 1. The van der Waals surface area contributed by atoms with Crippen LogP contribution in [0.2, 0.25) is 0 Å². The lowest BCUT2D eigenvalue weighted by Crippen LogP contribution is -1.99. The summed E-state index contributed by atoms with van der Waals surface area (Å²) in [5, 5.41) is 20.0. The number of phenols is 1. The Hall–Kier alpha value is -1.88. The maximum atomic E-state index is 10.9. The molecule has 2 rings (SSSR count). The highest BCUT2D eigenvalue weighted by atomic mass is 31.1. The Kier molecular flexibility index (Phi) is 6.59. The molecule has 0 amide bonds. The maximum Gasteiger partial charge on any atom is 0.747 e. The third kappa shape index (κ3) is 4.79. The van der Waals surface area contributed by atoms with Gasteiger partial charge in [-0.05, 0) is 19.3 Å². The van der Waals surface area contributed by atoms with Crippen LogP contribution in [0, 0.1) is 0 Å². The summed E-state index contributed by atoms with van der Waals surface area (Å²) in [6.45, 7) is 0.692. The van der Waals surface area contributed by atoms with Crippen LogP contribution in [0.15, 0.2) is 30.3 Å². The number of aromatic hydroxyl groups is 1. The number of phenolic OH excluding ortho intramolecular Hbond substituents is 1. The van der Waals surface area contributed by atoms with Gasteiger partial charge in [0.25, 0.3) is 0 Å². The van der Waals surface area contributed by atoms with Gasteiger partial charge in [0.15, 0.2) is 5.75 Å². The van der Waals surface area contributed by atoms with Gasteiger partial charge in [0.1, 0.15) is 5.75 Å². The standard InChI is InChI=1S/C16H19O6P/c17-9-5-1-2-6-10-21-15-11-14(18)16(22-23(19)20)13-8-4-3-7-12(13)15/h3-4,7-8,11,17H,1-2,5-6,9-10H2,(H-,18,19,20)/p+1. The number of unbranched alkanes of at least 4 members (excludes halogenated alkanes) is 3. The Morgan fingerprint density at radius 1 is 1.04 bits per heavy atom. The number of aliphatic hydroxyl groups is 1. The first kappa shape index (κ1) is 17.5. The van der Waals surface area contributed by atoms with Crippen LogP contribution in [0.5, 0.6) is 17.2 Å². The zero-order valence-electron chi connectivity index (χ0n) is 12.6. The van der Waals surface area contributed by atoms with Gasteiger partial charge in [-0.25, -0.2) is 4.52 Å². The predicted octanol–water partition coefficient (Wildman–Crippen LogP) is 3.51. The van der Waals surface area contributed by atoms with E-state index in [0.717, 1.165) is 25.7 Å². The van der Waals surface area contributed by atoms with E-state index >= 15 is 0 Å². The number of rotatable bonds is 9. The molecule has 124 valence electrons. The van der Waals surface area contributed by atoms with Gasteiger partial charge in [-0.1, -0.05) is 30.7 Å². The summed E-state index contributed by atoms with van der Waals surface area (Å²) in [6, 6.07) is 8.45. The fourth-order valence-electron chi connectivity index (χ4n) is 2.34. The van der Waals surface area contributed by atoms with Crippen molar-refractivity contribution in [1.82, 2.24) is 0 Å². The first-order chi connectivity index (χ1) is 11.1. The Bertz CT molecular complexity index is 673. The SMILES string of the molecule is O=[P+](O)Oc1c(O)cc(OCCCCCCO)c2ccccc12. The smallest absolute Gasteiger partial charge is 0.504 e. The molecule has 0 aliphatic rings. The highest BCUT2D eigenvalue weighted by Gasteiger charge is 2.22. The lowest BCUT2D eigenvalue weighted by Gasteiger charge is -2.11. The Balaban J connectivity index is 2.16. The average Bonchev–Trinajstić information content (AvgIpc) is 2.54. The fourth-order valence-corrected chi connectivity index (χ4v) is 2.69. The summed E-state index contributed by atoms with van der Waals surface area (Å²) in [6.07, 6.45) is 3.53. The molecule has 0 radical (unpaired) electrons. The molecule has 0 saturated heterocycles. The number of aliphatic hydroxyl groups excluding tert-OH is 1. The highest BCUT2D eigenvalue weighted by Crippen LogP contribution is 2.43. The maximum absolute atomic E-state index is 10.9. The molecule has 0 aliphatic heterocycles. The summed E-state index contributed by atoms with van der Waals surface area (Å²) < 4.78 is 21.5. The van der Waals surface area contributed by atoms with E-state index in [4.69, 9.17) is 19.3 Å². The zero-order valence-corrected chi connectivity index (χ0v) is 13.5. The van der Waals surface area contributed by atoms with Crippen molar-refractivity contribution in [3.63, 3.8) is 0 Å². The van der Waals surface area contributed by atoms with Crippen molar-refractivity contribution in [2.24, 2.45) is 0 Å². The van der Waals surface area contributed by atoms with Gasteiger partial charge in [0.05, 0.1) is 6.61 Å². The number of hydrogen-bond acceptors (Lipinski definition) is 5. The quantitative estimate of drug-likeness (QED) is 0.478. The molecule has 0 heterocycles. The first-order valence-corrected chi connectivity index (χ1v) is 8.59. The van der Waals surface area contributed by atoms with E-state index in [2.05, 4.69) is 0 Å². The predicted molar refractivity (Wildman–Crippen MR) is 87.1 cm³/mol. The Morgan fingerprint density at radius 3 is 2.43 bits per heavy atom. The summed E-state index contributed by atoms with van der Waals surface area (Å²) in [4.78, 5) is 8.93. The molecule has 0 aliphatic carbocycles. The van der Waals surface area contributed by atoms with Crippen molar-refractivity contribution in [3.05, 3.63) is 30.3 Å². The van der Waals surface area contributed by atoms with Crippen LogP contribution in [0.4, 0.5) is 0 Å². The van der Waals surface area contributed by atoms with Crippen LogP contribution in [-0.2, 0) is 4.57 Å². The Morgan fingerprint density at radius 2 is 1.74 bits per heavy atom. The van der Waals surface area contributed by atoms with Gasteiger partial charge in [0, 0.05) is 28.0 Å². The molecule has 0 saturated carbocycles. The third-order valence-corrected chi connectivity index (χ3v) is 3.76. The van der Waals surface area contributed by atoms with E-state index in [9.17, 15) is 9.67 Å². The van der Waals surface area contributed by atoms with Crippen LogP contribution in [0.1, 0.15) is 25.7 Å². The normalized spacial score (nSPS) is 11.5. The topological polar surface area (TPSA) is 96.2 Å². The molecule has 23 heavy (non-hydrogen) atoms. The monoisotopic (exact) mass is 339 g/mol. The minimum Gasteiger partial charge on any atom is -0.504 e. The molecule has 3 N–H and O–H groups in total. The molecule has 0 bridgehead atoms. The van der Waals surface area contributed by atoms with Crippen molar-refractivity contribution >= 4 is 19.0 Å². The van der Waals surface area contributed by atoms with E-state index < -0.39 is 8.25 Å². The molecular formula is C16H20O6P+. The molecule has 2 aromatic carbocycles. The van der Waals surface area contributed by atoms with Gasteiger partial charge in [-0.2, -0.15) is 0 Å². The second-order valence-electron chi connectivity index (χ2n) is 5.08. The number of hydrogen-bond donors (Lipinski definition) is 3. The molecule has 7 heteroatoms. The van der Waals surface area contributed by atoms with E-state index in [1.807, 2.05) is 6.07 Å². The molecule has 6 nitrogen and oxygen atoms in total. The van der Waals surface area contributed by atoms with Gasteiger partial charge >= 0.3 is 8.25 Å². The lowest BCUT2D eigenvalue weighted by atomic mass is 10.1. The highest BCUT2D eigenvalue weighted by molar-refractivity contribution is 7.32. The van der Waals surface area contributed by atoms with Crippen molar-refractivity contribution in [2.45, 2.75) is 25.7 Å². The molecular weight excluding hydrogens is 319 g/mol. The third-order valence-electron chi connectivity index (χ3n) is 3.42. The molecule has 0 fully saturated rings. The largest absolute Gasteiger partial charge is 0.747 e. The van der Waals surface area contributed by atoms with Gasteiger partial charge < -0.3 is 14.9 Å². The average molecular weight is 339 g/mol. The van der Waals surface area contributed by atoms with Crippen LogP contribution in [-0.4, -0.2) is 28.3 Å². The molecule has 1 atom stereocenters. The molecule has 2 aromatic rings. The van der Waals surface area contributed by atoms with Crippen molar-refractivity contribution in [2.75, 3.05) is 13.2 Å². The van der Waals surface area contributed by atoms with E-state index in [-0.39, 0.29) is 18.1 Å². The summed E-state index contributed by atoms with van der Waals surface area (Å²) in [5.74, 6) is 0.233. The van der Waals surface area contributed by atoms with Crippen LogP contribution < -0.4 is 9.26 Å². The number of ether oxygens (including phenoxy) is 1. The fraction of sp³-hybridized carbons (Fsp3) is 0.375. The van der Waals surface area contributed by atoms with Crippen molar-refractivity contribution in [1.29, 1.82) is 0 Å².